The highest BCUT2D eigenvalue weighted by atomic mass is 32.1. The number of hydrogen-bond donors (Lipinski definition) is 1. The van der Waals surface area contributed by atoms with E-state index in [9.17, 15) is 9.59 Å². The van der Waals surface area contributed by atoms with Crippen LogP contribution in [-0.4, -0.2) is 28.2 Å². The third kappa shape index (κ3) is 3.06. The SMILES string of the molecule is Cc1cccc(C(=O)N2CCc3nc(NC(=O)C4CC4)sc3C2)c1. The predicted molar refractivity (Wildman–Crippen MR) is 93.1 cm³/mol. The second-order valence-electron chi connectivity index (χ2n) is 6.50. The van der Waals surface area contributed by atoms with Crippen LogP contribution < -0.4 is 5.32 Å². The van der Waals surface area contributed by atoms with Crippen molar-refractivity contribution in [2.45, 2.75) is 32.7 Å². The van der Waals surface area contributed by atoms with Gasteiger partial charge in [0, 0.05) is 29.3 Å². The molecule has 0 radical (unpaired) electrons. The molecule has 2 aliphatic rings. The Morgan fingerprint density at radius 1 is 1.33 bits per heavy atom. The van der Waals surface area contributed by atoms with E-state index in [1.54, 1.807) is 0 Å². The molecule has 0 saturated heterocycles. The molecule has 1 saturated carbocycles. The van der Waals surface area contributed by atoms with Crippen LogP contribution in [0.1, 0.15) is 39.3 Å². The van der Waals surface area contributed by atoms with E-state index in [0.29, 0.717) is 18.2 Å². The van der Waals surface area contributed by atoms with Crippen LogP contribution in [0.25, 0.3) is 0 Å². The number of thiazole rings is 1. The average Bonchev–Trinajstić information content (AvgIpc) is 3.34. The van der Waals surface area contributed by atoms with Gasteiger partial charge in [0.15, 0.2) is 5.13 Å². The lowest BCUT2D eigenvalue weighted by atomic mass is 10.1. The molecule has 4 rings (SSSR count). The van der Waals surface area contributed by atoms with Crippen LogP contribution in [0.3, 0.4) is 0 Å². The largest absolute Gasteiger partial charge is 0.333 e. The predicted octanol–water partition coefficient (Wildman–Crippen LogP) is 3.00. The molecule has 1 aliphatic carbocycles. The fourth-order valence-electron chi connectivity index (χ4n) is 2.94. The van der Waals surface area contributed by atoms with E-state index in [2.05, 4.69) is 10.3 Å². The van der Waals surface area contributed by atoms with Gasteiger partial charge in [0.25, 0.3) is 5.91 Å². The van der Waals surface area contributed by atoms with Crippen molar-refractivity contribution in [3.8, 4) is 0 Å². The van der Waals surface area contributed by atoms with Gasteiger partial charge in [0.05, 0.1) is 12.2 Å². The first-order valence-corrected chi connectivity index (χ1v) is 9.07. The summed E-state index contributed by atoms with van der Waals surface area (Å²) < 4.78 is 0. The fourth-order valence-corrected chi connectivity index (χ4v) is 3.96. The standard InChI is InChI=1S/C18H19N3O2S/c1-11-3-2-4-13(9-11)17(23)21-8-7-14-15(10-21)24-18(19-14)20-16(22)12-5-6-12/h2-4,9,12H,5-8,10H2,1H3,(H,19,20,22). The molecule has 1 N–H and O–H groups in total. The molecule has 1 aliphatic heterocycles. The number of fused-ring (bicyclic) bond motifs is 1. The molecule has 1 fully saturated rings. The van der Waals surface area contributed by atoms with E-state index in [4.69, 9.17) is 0 Å². The molecule has 2 amide bonds. The van der Waals surface area contributed by atoms with Crippen LogP contribution in [-0.2, 0) is 17.8 Å². The summed E-state index contributed by atoms with van der Waals surface area (Å²) in [5.41, 5.74) is 2.83. The first kappa shape index (κ1) is 15.3. The van der Waals surface area contributed by atoms with Crippen LogP contribution >= 0.6 is 11.3 Å². The van der Waals surface area contributed by atoms with Crippen molar-refractivity contribution >= 4 is 28.3 Å². The van der Waals surface area contributed by atoms with Crippen LogP contribution in [0.4, 0.5) is 5.13 Å². The molecule has 0 spiro atoms. The van der Waals surface area contributed by atoms with Gasteiger partial charge in [0.1, 0.15) is 0 Å². The lowest BCUT2D eigenvalue weighted by Gasteiger charge is -2.26. The van der Waals surface area contributed by atoms with Gasteiger partial charge >= 0.3 is 0 Å². The van der Waals surface area contributed by atoms with Gasteiger partial charge in [-0.1, -0.05) is 29.0 Å². The van der Waals surface area contributed by atoms with Gasteiger partial charge in [-0.15, -0.1) is 0 Å². The van der Waals surface area contributed by atoms with E-state index in [0.717, 1.165) is 41.0 Å². The number of anilines is 1. The number of nitrogens with zero attached hydrogens (tertiary/aromatic N) is 2. The molecular formula is C18H19N3O2S. The number of amides is 2. The maximum Gasteiger partial charge on any atom is 0.254 e. The van der Waals surface area contributed by atoms with Gasteiger partial charge in [-0.05, 0) is 31.9 Å². The lowest BCUT2D eigenvalue weighted by Crippen LogP contribution is -2.35. The van der Waals surface area contributed by atoms with Crippen molar-refractivity contribution in [1.82, 2.24) is 9.88 Å². The van der Waals surface area contributed by atoms with Crippen molar-refractivity contribution in [1.29, 1.82) is 0 Å². The van der Waals surface area contributed by atoms with Gasteiger partial charge in [-0.25, -0.2) is 4.98 Å². The minimum atomic E-state index is 0.0568. The number of carbonyl (C=O) groups is 2. The number of hydrogen-bond acceptors (Lipinski definition) is 4. The number of nitrogens with one attached hydrogen (secondary N) is 1. The summed E-state index contributed by atoms with van der Waals surface area (Å²) >= 11 is 1.49. The Balaban J connectivity index is 1.48. The average molecular weight is 341 g/mol. The minimum Gasteiger partial charge on any atom is -0.333 e. The van der Waals surface area contributed by atoms with Crippen molar-refractivity contribution in [2.24, 2.45) is 5.92 Å². The molecule has 24 heavy (non-hydrogen) atoms. The summed E-state index contributed by atoms with van der Waals surface area (Å²) in [6.45, 7) is 3.22. The second kappa shape index (κ2) is 6.02. The number of carbonyl (C=O) groups excluding carboxylic acids is 2. The Kier molecular flexibility index (Phi) is 3.84. The van der Waals surface area contributed by atoms with E-state index in [-0.39, 0.29) is 17.7 Å². The molecule has 2 heterocycles. The molecule has 2 aromatic rings. The Hall–Kier alpha value is -2.21. The topological polar surface area (TPSA) is 62.3 Å². The summed E-state index contributed by atoms with van der Waals surface area (Å²) in [4.78, 5) is 32.0. The summed E-state index contributed by atoms with van der Waals surface area (Å²) in [7, 11) is 0. The first-order valence-electron chi connectivity index (χ1n) is 8.25. The minimum absolute atomic E-state index is 0.0568. The van der Waals surface area contributed by atoms with Crippen LogP contribution in [0.15, 0.2) is 24.3 Å². The highest BCUT2D eigenvalue weighted by molar-refractivity contribution is 7.15. The van der Waals surface area contributed by atoms with Gasteiger partial charge < -0.3 is 10.2 Å². The normalized spacial score (nSPS) is 16.6. The van der Waals surface area contributed by atoms with Gasteiger partial charge in [0.2, 0.25) is 5.91 Å². The number of aryl methyl sites for hydroxylation is 1. The molecule has 1 aromatic heterocycles. The highest BCUT2D eigenvalue weighted by Crippen LogP contribution is 2.33. The highest BCUT2D eigenvalue weighted by Gasteiger charge is 2.31. The Labute approximate surface area is 144 Å². The number of aromatic nitrogens is 1. The summed E-state index contributed by atoms with van der Waals surface area (Å²) in [6, 6.07) is 7.68. The quantitative estimate of drug-likeness (QED) is 0.933. The Morgan fingerprint density at radius 3 is 2.92 bits per heavy atom. The number of benzene rings is 1. The maximum atomic E-state index is 12.7. The molecule has 6 heteroatoms. The third-order valence-corrected chi connectivity index (χ3v) is 5.46. The maximum absolute atomic E-state index is 12.7. The van der Waals surface area contributed by atoms with E-state index < -0.39 is 0 Å². The number of rotatable bonds is 3. The van der Waals surface area contributed by atoms with Crippen molar-refractivity contribution < 1.29 is 9.59 Å². The van der Waals surface area contributed by atoms with Crippen molar-refractivity contribution in [2.75, 3.05) is 11.9 Å². The zero-order valence-corrected chi connectivity index (χ0v) is 14.4. The Bertz CT molecular complexity index is 810. The van der Waals surface area contributed by atoms with E-state index >= 15 is 0 Å². The van der Waals surface area contributed by atoms with E-state index in [1.807, 2.05) is 36.1 Å². The molecule has 5 nitrogen and oxygen atoms in total. The zero-order valence-electron chi connectivity index (χ0n) is 13.5. The molecule has 0 unspecified atom stereocenters. The van der Waals surface area contributed by atoms with Crippen LogP contribution in [0.5, 0.6) is 0 Å². The van der Waals surface area contributed by atoms with E-state index in [1.165, 1.54) is 11.3 Å². The fraction of sp³-hybridized carbons (Fsp3) is 0.389. The summed E-state index contributed by atoms with van der Waals surface area (Å²) in [5, 5.41) is 3.58. The third-order valence-electron chi connectivity index (χ3n) is 4.46. The van der Waals surface area contributed by atoms with Gasteiger partial charge in [-0.2, -0.15) is 0 Å². The van der Waals surface area contributed by atoms with Gasteiger partial charge in [-0.3, -0.25) is 9.59 Å². The smallest absolute Gasteiger partial charge is 0.254 e. The molecular weight excluding hydrogens is 322 g/mol. The first-order chi connectivity index (χ1) is 11.6. The van der Waals surface area contributed by atoms with Crippen LogP contribution in [0, 0.1) is 12.8 Å². The van der Waals surface area contributed by atoms with Crippen molar-refractivity contribution in [3.63, 3.8) is 0 Å². The van der Waals surface area contributed by atoms with Crippen molar-refractivity contribution in [3.05, 3.63) is 46.0 Å². The molecule has 1 aromatic carbocycles. The monoisotopic (exact) mass is 341 g/mol. The molecule has 124 valence electrons. The molecule has 0 atom stereocenters. The summed E-state index contributed by atoms with van der Waals surface area (Å²) in [5.74, 6) is 0.306. The zero-order chi connectivity index (χ0) is 16.7. The Morgan fingerprint density at radius 2 is 2.17 bits per heavy atom. The lowest BCUT2D eigenvalue weighted by molar-refractivity contribution is -0.117. The summed E-state index contributed by atoms with van der Waals surface area (Å²) in [6.07, 6.45) is 2.70. The second-order valence-corrected chi connectivity index (χ2v) is 7.58. The molecule has 0 bridgehead atoms. The van der Waals surface area contributed by atoms with Crippen LogP contribution in [0.2, 0.25) is 0 Å².